The Hall–Kier alpha value is -1.43. The van der Waals surface area contributed by atoms with Crippen LogP contribution in [0.3, 0.4) is 0 Å². The minimum Gasteiger partial charge on any atom is -0.389 e. The van der Waals surface area contributed by atoms with Crippen LogP contribution in [-0.4, -0.2) is 27.2 Å². The molecule has 1 aromatic carbocycles. The first-order chi connectivity index (χ1) is 8.85. The Morgan fingerprint density at radius 3 is 2.89 bits per heavy atom. The molecule has 102 valence electrons. The number of halogens is 1. The van der Waals surface area contributed by atoms with E-state index >= 15 is 0 Å². The lowest BCUT2D eigenvalue weighted by Gasteiger charge is -2.17. The van der Waals surface area contributed by atoms with E-state index in [-0.39, 0.29) is 5.56 Å². The molecule has 2 rings (SSSR count). The smallest absolute Gasteiger partial charge is 0.258 e. The summed E-state index contributed by atoms with van der Waals surface area (Å²) in [6.07, 6.45) is 0. The van der Waals surface area contributed by atoms with Crippen LogP contribution >= 0.6 is 11.6 Å². The number of aromatic nitrogens is 2. The van der Waals surface area contributed by atoms with Crippen molar-refractivity contribution in [3.05, 3.63) is 39.4 Å². The summed E-state index contributed by atoms with van der Waals surface area (Å²) in [5.74, 6) is 0.518. The second-order valence-corrected chi connectivity index (χ2v) is 5.53. The lowest BCUT2D eigenvalue weighted by atomic mass is 10.1. The molecular formula is C13H16ClN3O2. The molecule has 0 bridgehead atoms. The Morgan fingerprint density at radius 2 is 2.21 bits per heavy atom. The summed E-state index contributed by atoms with van der Waals surface area (Å²) in [5, 5.41) is 13.7. The maximum absolute atomic E-state index is 11.9. The van der Waals surface area contributed by atoms with Crippen molar-refractivity contribution in [1.82, 2.24) is 15.3 Å². The fourth-order valence-corrected chi connectivity index (χ4v) is 1.90. The Bertz CT molecular complexity index is 646. The quantitative estimate of drug-likeness (QED) is 0.792. The molecule has 0 saturated heterocycles. The highest BCUT2D eigenvalue weighted by Crippen LogP contribution is 2.14. The predicted molar refractivity (Wildman–Crippen MR) is 75.4 cm³/mol. The maximum atomic E-state index is 11.9. The average Bonchev–Trinajstić information content (AvgIpc) is 2.26. The standard InChI is InChI=1S/C13H16ClN3O2/c1-13(2,19)7-15-6-11-16-10-5-8(14)3-4-9(10)12(18)17-11/h3-5,15,19H,6-7H2,1-2H3,(H,16,17,18). The summed E-state index contributed by atoms with van der Waals surface area (Å²) in [6, 6.07) is 4.97. The van der Waals surface area contributed by atoms with Gasteiger partial charge in [-0.3, -0.25) is 4.79 Å². The van der Waals surface area contributed by atoms with Crippen molar-refractivity contribution in [2.75, 3.05) is 6.54 Å². The van der Waals surface area contributed by atoms with Crippen molar-refractivity contribution in [2.24, 2.45) is 0 Å². The van der Waals surface area contributed by atoms with Crippen LogP contribution in [0.2, 0.25) is 5.02 Å². The molecule has 0 spiro atoms. The third kappa shape index (κ3) is 3.76. The van der Waals surface area contributed by atoms with E-state index in [0.717, 1.165) is 0 Å². The van der Waals surface area contributed by atoms with E-state index in [0.29, 0.717) is 34.8 Å². The van der Waals surface area contributed by atoms with E-state index in [1.165, 1.54) is 0 Å². The molecule has 0 atom stereocenters. The first kappa shape index (κ1) is 14.0. The molecule has 0 aliphatic heterocycles. The molecule has 0 aliphatic carbocycles. The number of rotatable bonds is 4. The number of nitrogens with zero attached hydrogens (tertiary/aromatic N) is 1. The zero-order valence-electron chi connectivity index (χ0n) is 10.8. The van der Waals surface area contributed by atoms with Crippen molar-refractivity contribution >= 4 is 22.5 Å². The molecular weight excluding hydrogens is 266 g/mol. The zero-order chi connectivity index (χ0) is 14.0. The summed E-state index contributed by atoms with van der Waals surface area (Å²) in [6.45, 7) is 4.19. The Kier molecular flexibility index (Phi) is 3.89. The number of aliphatic hydroxyl groups is 1. The third-order valence-electron chi connectivity index (χ3n) is 2.57. The molecule has 0 saturated carbocycles. The molecule has 0 unspecified atom stereocenters. The van der Waals surface area contributed by atoms with Gasteiger partial charge in [0.05, 0.1) is 23.0 Å². The number of hydrogen-bond acceptors (Lipinski definition) is 4. The summed E-state index contributed by atoms with van der Waals surface area (Å²) in [7, 11) is 0. The van der Waals surface area contributed by atoms with Crippen LogP contribution in [0.15, 0.2) is 23.0 Å². The van der Waals surface area contributed by atoms with E-state index in [2.05, 4.69) is 15.3 Å². The average molecular weight is 282 g/mol. The monoisotopic (exact) mass is 281 g/mol. The van der Waals surface area contributed by atoms with Gasteiger partial charge in [0.1, 0.15) is 5.82 Å². The Balaban J connectivity index is 2.23. The van der Waals surface area contributed by atoms with Crippen LogP contribution in [0.25, 0.3) is 10.9 Å². The Labute approximate surface area is 115 Å². The molecule has 0 amide bonds. The van der Waals surface area contributed by atoms with Gasteiger partial charge in [-0.1, -0.05) is 11.6 Å². The van der Waals surface area contributed by atoms with E-state index < -0.39 is 5.60 Å². The molecule has 1 aromatic heterocycles. The first-order valence-corrected chi connectivity index (χ1v) is 6.34. The molecule has 19 heavy (non-hydrogen) atoms. The molecule has 2 aromatic rings. The van der Waals surface area contributed by atoms with Gasteiger partial charge in [-0.15, -0.1) is 0 Å². The van der Waals surface area contributed by atoms with E-state index in [1.54, 1.807) is 32.0 Å². The largest absolute Gasteiger partial charge is 0.389 e. The Morgan fingerprint density at radius 1 is 1.47 bits per heavy atom. The van der Waals surface area contributed by atoms with E-state index in [9.17, 15) is 9.90 Å². The number of H-pyrrole nitrogens is 1. The molecule has 5 nitrogen and oxygen atoms in total. The topological polar surface area (TPSA) is 78.0 Å². The van der Waals surface area contributed by atoms with Gasteiger partial charge in [0.15, 0.2) is 0 Å². The molecule has 6 heteroatoms. The van der Waals surface area contributed by atoms with Crippen LogP contribution in [0.5, 0.6) is 0 Å². The number of hydrogen-bond donors (Lipinski definition) is 3. The fourth-order valence-electron chi connectivity index (χ4n) is 1.73. The molecule has 0 aliphatic rings. The van der Waals surface area contributed by atoms with Crippen LogP contribution in [0.1, 0.15) is 19.7 Å². The van der Waals surface area contributed by atoms with Crippen LogP contribution in [0.4, 0.5) is 0 Å². The minimum absolute atomic E-state index is 0.193. The van der Waals surface area contributed by atoms with Gasteiger partial charge in [0, 0.05) is 11.6 Å². The third-order valence-corrected chi connectivity index (χ3v) is 2.80. The number of aromatic amines is 1. The van der Waals surface area contributed by atoms with Crippen molar-refractivity contribution in [2.45, 2.75) is 26.0 Å². The lowest BCUT2D eigenvalue weighted by molar-refractivity contribution is 0.0793. The highest BCUT2D eigenvalue weighted by Gasteiger charge is 2.11. The summed E-state index contributed by atoms with van der Waals surface area (Å²) >= 11 is 5.89. The van der Waals surface area contributed by atoms with Gasteiger partial charge in [0.25, 0.3) is 5.56 Å². The molecule has 0 radical (unpaired) electrons. The summed E-state index contributed by atoms with van der Waals surface area (Å²) in [5.41, 5.74) is -0.432. The highest BCUT2D eigenvalue weighted by molar-refractivity contribution is 6.31. The predicted octanol–water partition coefficient (Wildman–Crippen LogP) is 1.44. The van der Waals surface area contributed by atoms with Gasteiger partial charge in [0.2, 0.25) is 0 Å². The van der Waals surface area contributed by atoms with Gasteiger partial charge < -0.3 is 15.4 Å². The van der Waals surface area contributed by atoms with Crippen LogP contribution in [-0.2, 0) is 6.54 Å². The SMILES string of the molecule is CC(C)(O)CNCc1nc2cc(Cl)ccc2c(=O)[nH]1. The van der Waals surface area contributed by atoms with Gasteiger partial charge in [-0.25, -0.2) is 4.98 Å². The van der Waals surface area contributed by atoms with Gasteiger partial charge in [-0.2, -0.15) is 0 Å². The van der Waals surface area contributed by atoms with Crippen LogP contribution < -0.4 is 10.9 Å². The fraction of sp³-hybridized carbons (Fsp3) is 0.385. The lowest BCUT2D eigenvalue weighted by Crippen LogP contribution is -2.35. The van der Waals surface area contributed by atoms with Crippen molar-refractivity contribution in [3.8, 4) is 0 Å². The maximum Gasteiger partial charge on any atom is 0.258 e. The molecule has 1 heterocycles. The second kappa shape index (κ2) is 5.28. The molecule has 3 N–H and O–H groups in total. The first-order valence-electron chi connectivity index (χ1n) is 5.97. The molecule has 0 fully saturated rings. The normalized spacial score (nSPS) is 12.0. The van der Waals surface area contributed by atoms with E-state index in [1.807, 2.05) is 0 Å². The van der Waals surface area contributed by atoms with E-state index in [4.69, 9.17) is 11.6 Å². The van der Waals surface area contributed by atoms with Crippen molar-refractivity contribution < 1.29 is 5.11 Å². The minimum atomic E-state index is -0.805. The summed E-state index contributed by atoms with van der Waals surface area (Å²) < 4.78 is 0. The number of benzene rings is 1. The van der Waals surface area contributed by atoms with Gasteiger partial charge in [-0.05, 0) is 32.0 Å². The van der Waals surface area contributed by atoms with Crippen molar-refractivity contribution in [3.63, 3.8) is 0 Å². The van der Waals surface area contributed by atoms with Crippen molar-refractivity contribution in [1.29, 1.82) is 0 Å². The number of fused-ring (bicyclic) bond motifs is 1. The zero-order valence-corrected chi connectivity index (χ0v) is 11.6. The van der Waals surface area contributed by atoms with Gasteiger partial charge >= 0.3 is 0 Å². The number of nitrogens with one attached hydrogen (secondary N) is 2. The van der Waals surface area contributed by atoms with Crippen LogP contribution in [0, 0.1) is 0 Å². The summed E-state index contributed by atoms with van der Waals surface area (Å²) in [4.78, 5) is 18.9. The second-order valence-electron chi connectivity index (χ2n) is 5.09. The highest BCUT2D eigenvalue weighted by atomic mass is 35.5.